The minimum atomic E-state index is -1.66. The molecule has 3 saturated heterocycles. The molecule has 0 aromatic rings. The van der Waals surface area contributed by atoms with Crippen LogP contribution in [0.3, 0.4) is 0 Å². The molecule has 1 unspecified atom stereocenters. The van der Waals surface area contributed by atoms with Gasteiger partial charge in [0.2, 0.25) is 5.79 Å². The van der Waals surface area contributed by atoms with E-state index in [2.05, 4.69) is 11.9 Å². The van der Waals surface area contributed by atoms with Gasteiger partial charge in [0.25, 0.3) is 5.91 Å². The molecule has 0 aromatic heterocycles. The van der Waals surface area contributed by atoms with Crippen molar-refractivity contribution in [2.75, 3.05) is 34.7 Å². The molecule has 0 aliphatic carbocycles. The molecule has 3 aliphatic rings. The molecule has 3 aliphatic heterocycles. The van der Waals surface area contributed by atoms with Gasteiger partial charge >= 0.3 is 0 Å². The molecule has 36 heavy (non-hydrogen) atoms. The summed E-state index contributed by atoms with van der Waals surface area (Å²) >= 11 is 0. The summed E-state index contributed by atoms with van der Waals surface area (Å²) in [4.78, 5) is 13.3. The Balaban J connectivity index is 1.79. The van der Waals surface area contributed by atoms with Crippen molar-refractivity contribution in [2.24, 2.45) is 11.3 Å². The largest absolute Gasteiger partial charge is 0.391 e. The van der Waals surface area contributed by atoms with Gasteiger partial charge in [-0.05, 0) is 6.92 Å². The summed E-state index contributed by atoms with van der Waals surface area (Å²) in [5.41, 5.74) is 0.294. The van der Waals surface area contributed by atoms with E-state index in [1.165, 1.54) is 14.2 Å². The lowest BCUT2D eigenvalue weighted by molar-refractivity contribution is -0.333. The summed E-state index contributed by atoms with van der Waals surface area (Å²) in [6.45, 7) is 11.9. The van der Waals surface area contributed by atoms with Crippen LogP contribution in [0.4, 0.5) is 0 Å². The van der Waals surface area contributed by atoms with Gasteiger partial charge in [-0.25, -0.2) is 0 Å². The second-order valence-corrected chi connectivity index (χ2v) is 10.6. The molecular weight excluding hydrogens is 474 g/mol. The van der Waals surface area contributed by atoms with Crippen LogP contribution in [-0.4, -0.2) is 106 Å². The van der Waals surface area contributed by atoms with Crippen molar-refractivity contribution in [3.63, 3.8) is 0 Å². The van der Waals surface area contributed by atoms with Gasteiger partial charge in [-0.15, -0.1) is 0 Å². The first-order chi connectivity index (χ1) is 16.9. The lowest BCUT2D eigenvalue weighted by Crippen LogP contribution is -2.69. The van der Waals surface area contributed by atoms with Gasteiger partial charge in [-0.2, -0.15) is 0 Å². The lowest BCUT2D eigenvalue weighted by atomic mass is 9.72. The highest BCUT2D eigenvalue weighted by atomic mass is 16.7. The Morgan fingerprint density at radius 2 is 1.89 bits per heavy atom. The number of aliphatic hydroxyl groups excluding tert-OH is 2. The highest BCUT2D eigenvalue weighted by Crippen LogP contribution is 2.44. The minimum absolute atomic E-state index is 0.0542. The number of hydrogen-bond donors (Lipinski definition) is 3. The number of methoxy groups -OCH3 is 3. The van der Waals surface area contributed by atoms with Crippen molar-refractivity contribution in [3.05, 3.63) is 12.2 Å². The molecular formula is C25H43NO10. The molecule has 3 heterocycles. The molecule has 208 valence electrons. The smallest absolute Gasteiger partial charge is 0.256 e. The van der Waals surface area contributed by atoms with E-state index in [4.69, 9.17) is 33.2 Å². The number of carbonyl (C=O) groups excluding carboxylic acids is 1. The van der Waals surface area contributed by atoms with E-state index in [0.717, 1.165) is 5.57 Å². The van der Waals surface area contributed by atoms with Gasteiger partial charge < -0.3 is 48.7 Å². The summed E-state index contributed by atoms with van der Waals surface area (Å²) in [5, 5.41) is 24.2. The zero-order chi connectivity index (χ0) is 26.8. The molecule has 0 aromatic carbocycles. The minimum Gasteiger partial charge on any atom is -0.391 e. The zero-order valence-electron chi connectivity index (χ0n) is 22.4. The normalized spacial score (nSPS) is 40.2. The maximum absolute atomic E-state index is 13.3. The molecule has 3 rings (SSSR count). The Morgan fingerprint density at radius 1 is 1.19 bits per heavy atom. The number of hydrogen-bond acceptors (Lipinski definition) is 10. The van der Waals surface area contributed by atoms with E-state index in [1.54, 1.807) is 7.11 Å². The first-order valence-electron chi connectivity index (χ1n) is 12.4. The molecule has 0 bridgehead atoms. The molecule has 11 heteroatoms. The third kappa shape index (κ3) is 5.64. The third-order valence-corrected chi connectivity index (χ3v) is 7.91. The van der Waals surface area contributed by atoms with Crippen LogP contribution < -0.4 is 5.32 Å². The quantitative estimate of drug-likeness (QED) is 0.376. The van der Waals surface area contributed by atoms with Crippen molar-refractivity contribution >= 4 is 5.91 Å². The highest BCUT2D eigenvalue weighted by molar-refractivity contribution is 5.82. The number of carbonyl (C=O) groups is 1. The van der Waals surface area contributed by atoms with E-state index in [9.17, 15) is 15.0 Å². The predicted octanol–water partition coefficient (Wildman–Crippen LogP) is 0.712. The monoisotopic (exact) mass is 517 g/mol. The maximum Gasteiger partial charge on any atom is 0.256 e. The lowest BCUT2D eigenvalue weighted by Gasteiger charge is -2.54. The van der Waals surface area contributed by atoms with Crippen LogP contribution in [0.5, 0.6) is 0 Å². The summed E-state index contributed by atoms with van der Waals surface area (Å²) < 4.78 is 40.4. The van der Waals surface area contributed by atoms with E-state index in [-0.39, 0.29) is 38.3 Å². The maximum atomic E-state index is 13.3. The van der Waals surface area contributed by atoms with Gasteiger partial charge in [-0.3, -0.25) is 4.79 Å². The van der Waals surface area contributed by atoms with Gasteiger partial charge in [0, 0.05) is 45.5 Å². The Bertz CT molecular complexity index is 778. The van der Waals surface area contributed by atoms with Crippen molar-refractivity contribution < 1.29 is 48.2 Å². The van der Waals surface area contributed by atoms with Crippen LogP contribution in [0.15, 0.2) is 12.2 Å². The van der Waals surface area contributed by atoms with Gasteiger partial charge in [0.1, 0.15) is 19.0 Å². The van der Waals surface area contributed by atoms with Crippen LogP contribution in [0.25, 0.3) is 0 Å². The third-order valence-electron chi connectivity index (χ3n) is 7.91. The topological polar surface area (TPSA) is 134 Å². The second kappa shape index (κ2) is 11.7. The first-order valence-corrected chi connectivity index (χ1v) is 12.4. The fraction of sp³-hybridized carbons (Fsp3) is 0.880. The van der Waals surface area contributed by atoms with Crippen molar-refractivity contribution in [3.8, 4) is 0 Å². The molecule has 1 amide bonds. The fourth-order valence-electron chi connectivity index (χ4n) is 5.44. The molecule has 3 fully saturated rings. The SMILES string of the molecule is C=C1C[C@@](OC)([C@H](O)C(=O)N[C@H]2OCO[C@H]3C2O[C@H](C[C@H](O)COC)C(C)(C)[C@@H]3OC)O[C@H](C)[C@@H]1C. The summed E-state index contributed by atoms with van der Waals surface area (Å²) in [5.74, 6) is -2.26. The molecule has 0 radical (unpaired) electrons. The zero-order valence-corrected chi connectivity index (χ0v) is 22.4. The number of nitrogens with one attached hydrogen (secondary N) is 1. The van der Waals surface area contributed by atoms with Gasteiger partial charge in [0.15, 0.2) is 12.3 Å². The van der Waals surface area contributed by atoms with E-state index in [0.29, 0.717) is 0 Å². The first kappa shape index (κ1) is 29.4. The van der Waals surface area contributed by atoms with Crippen LogP contribution in [0.2, 0.25) is 0 Å². The Kier molecular flexibility index (Phi) is 9.57. The van der Waals surface area contributed by atoms with Crippen molar-refractivity contribution in [1.82, 2.24) is 5.32 Å². The van der Waals surface area contributed by atoms with Crippen molar-refractivity contribution in [2.45, 2.75) is 95.3 Å². The Morgan fingerprint density at radius 3 is 2.47 bits per heavy atom. The number of rotatable bonds is 9. The standard InChI is InChI=1S/C25H43NO10/c1-13-10-25(32-8,36-15(3)14(13)2)20(28)22(29)26-23-19-18(33-12-34-23)21(31-7)24(4,5)17(35-19)9-16(27)11-30-6/h14-21,23,27-28H,1,9-12H2,2-8H3,(H,26,29)/t14-,15-,16+,17-,18+,19?,20-,21-,23+,25+/m1/s1. The number of aliphatic hydroxyl groups is 2. The van der Waals surface area contributed by atoms with Crippen LogP contribution in [-0.2, 0) is 38.0 Å². The number of amides is 1. The van der Waals surface area contributed by atoms with Crippen molar-refractivity contribution in [1.29, 1.82) is 0 Å². The predicted molar refractivity (Wildman–Crippen MR) is 128 cm³/mol. The van der Waals surface area contributed by atoms with Gasteiger partial charge in [-0.1, -0.05) is 32.9 Å². The average Bonchev–Trinajstić information content (AvgIpc) is 2.82. The average molecular weight is 518 g/mol. The van der Waals surface area contributed by atoms with E-state index in [1.807, 2.05) is 27.7 Å². The van der Waals surface area contributed by atoms with Crippen LogP contribution in [0, 0.1) is 11.3 Å². The van der Waals surface area contributed by atoms with Crippen LogP contribution in [0.1, 0.15) is 40.5 Å². The number of fused-ring (bicyclic) bond motifs is 1. The summed E-state index contributed by atoms with van der Waals surface area (Å²) in [6.07, 6.45) is -5.39. The molecule has 0 saturated carbocycles. The molecule has 10 atom stereocenters. The molecule has 3 N–H and O–H groups in total. The number of ether oxygens (including phenoxy) is 7. The van der Waals surface area contributed by atoms with E-state index < -0.39 is 60.0 Å². The Labute approximate surface area is 213 Å². The summed E-state index contributed by atoms with van der Waals surface area (Å²) in [6, 6.07) is 0. The second-order valence-electron chi connectivity index (χ2n) is 10.6. The van der Waals surface area contributed by atoms with Crippen LogP contribution >= 0.6 is 0 Å². The summed E-state index contributed by atoms with van der Waals surface area (Å²) in [7, 11) is 4.49. The van der Waals surface area contributed by atoms with Gasteiger partial charge in [0.05, 0.1) is 31.0 Å². The Hall–Kier alpha value is -1.15. The van der Waals surface area contributed by atoms with E-state index >= 15 is 0 Å². The molecule has 11 nitrogen and oxygen atoms in total. The fourth-order valence-corrected chi connectivity index (χ4v) is 5.44. The molecule has 0 spiro atoms. The highest BCUT2D eigenvalue weighted by Gasteiger charge is 2.57.